The molecule has 0 bridgehead atoms. The Bertz CT molecular complexity index is 7630. The van der Waals surface area contributed by atoms with Gasteiger partial charge in [-0.05, 0) is 191 Å². The predicted molar refractivity (Wildman–Crippen MR) is 458 cm³/mol. The Kier molecular flexibility index (Phi) is 14.5. The van der Waals surface area contributed by atoms with Crippen LogP contribution in [-0.2, 0) is 0 Å². The highest BCUT2D eigenvalue weighted by molar-refractivity contribution is 6.14. The Labute approximate surface area is 636 Å². The lowest BCUT2D eigenvalue weighted by Gasteiger charge is -2.20. The van der Waals surface area contributed by atoms with E-state index in [9.17, 15) is 0 Å². The van der Waals surface area contributed by atoms with Crippen LogP contribution in [0.4, 0.5) is 0 Å². The molecule has 1 aliphatic heterocycles. The number of hydrogen-bond acceptors (Lipinski definition) is 5. The number of furan rings is 3. The first kappa shape index (κ1) is 63.9. The maximum atomic E-state index is 6.15. The summed E-state index contributed by atoms with van der Waals surface area (Å²) in [6.45, 7) is 8.46. The summed E-state index contributed by atoms with van der Waals surface area (Å²) in [6, 6.07) is 113. The Morgan fingerprint density at radius 3 is 1.27 bits per heavy atom. The summed E-state index contributed by atoms with van der Waals surface area (Å²) in [5.41, 5.74) is 28.4. The van der Waals surface area contributed by atoms with Crippen LogP contribution in [0.3, 0.4) is 0 Å². The van der Waals surface area contributed by atoms with Gasteiger partial charge < -0.3 is 31.7 Å². The van der Waals surface area contributed by atoms with E-state index in [2.05, 4.69) is 372 Å². The molecule has 0 amide bonds. The van der Waals surface area contributed by atoms with E-state index in [4.69, 9.17) is 23.0 Å². The molecule has 1 unspecified atom stereocenters. The van der Waals surface area contributed by atoms with Crippen molar-refractivity contribution in [1.29, 1.82) is 0 Å². The molecule has 528 valence electrons. The second kappa shape index (κ2) is 25.1. The minimum Gasteiger partial charge on any atom is -0.461 e. The lowest BCUT2D eigenvalue weighted by molar-refractivity contribution is 0.425. The number of ether oxygens (including phenoxy) is 1. The average molecular weight is 1430 g/mol. The van der Waals surface area contributed by atoms with Gasteiger partial charge in [0, 0.05) is 93.7 Å². The minimum absolute atomic E-state index is 0.308. The molecule has 0 fully saturated rings. The smallest absolute Gasteiger partial charge is 0.220 e. The van der Waals surface area contributed by atoms with Gasteiger partial charge in [-0.1, -0.05) is 193 Å². The topological polar surface area (TPSA) is 85.7 Å². The number of benzene rings is 15. The van der Waals surface area contributed by atoms with Crippen molar-refractivity contribution >= 4 is 165 Å². The number of aryl methyl sites for hydroxylation is 4. The van der Waals surface area contributed by atoms with Crippen molar-refractivity contribution in [3.63, 3.8) is 0 Å². The van der Waals surface area contributed by atoms with Crippen molar-refractivity contribution < 1.29 is 18.0 Å². The second-order valence-corrected chi connectivity index (χ2v) is 29.5. The third-order valence-corrected chi connectivity index (χ3v) is 22.8. The van der Waals surface area contributed by atoms with Crippen LogP contribution in [0.5, 0.6) is 5.75 Å². The van der Waals surface area contributed by atoms with Gasteiger partial charge in [-0.25, -0.2) is 4.98 Å². The molecule has 1 atom stereocenters. The zero-order valence-electron chi connectivity index (χ0n) is 61.4. The fraction of sp³-hybridized carbons (Fsp3) is 0.0594. The van der Waals surface area contributed by atoms with Gasteiger partial charge in [0.05, 0.1) is 66.8 Å². The lowest BCUT2D eigenvalue weighted by atomic mass is 9.90. The zero-order valence-corrected chi connectivity index (χ0v) is 61.4. The zero-order chi connectivity index (χ0) is 73.7. The average Bonchev–Trinajstić information content (AvgIpc) is 1.59. The standard InChI is InChI=1S/C26H17N3O.C25H17NO.C25H19NO.C25H17NO/c1-16-7-6-8-18-19-15-17(13-14-24(19)30-25(16)18)28-22-11-4-5-12-23(22)29-21-10-3-2-9-20(21)27-26(28)29;1-16-7-6-10-20-21-15-17(13-14-24(21)27-25(16)20)26-22-11-4-2-8-18(22)19-9-3-5-12-23(19)26;1-16-10-12-23-20(14-16)18-6-2-4-8-22(18)26(23)17-11-13-25-21(15-17)19-7-3-5-9-24(19)27-25;1-16-10-12-24-20(14-16)21-15-17(11-13-25(21)27-24)26-22-8-4-2-6-18(22)19-7-3-5-9-23(19)26/h2-15H,1H3;2-15H,1H3;2-14,21H,15H2,1H3;2-15H,1H3. The van der Waals surface area contributed by atoms with Crippen molar-refractivity contribution in [1.82, 2.24) is 27.7 Å². The number of hydrogen-bond donors (Lipinski definition) is 0. The van der Waals surface area contributed by atoms with Crippen molar-refractivity contribution in [2.75, 3.05) is 0 Å². The first-order valence-corrected chi connectivity index (χ1v) is 38.0. The highest BCUT2D eigenvalue weighted by Gasteiger charge is 2.33. The van der Waals surface area contributed by atoms with Gasteiger partial charge in [0.2, 0.25) is 5.78 Å². The number of rotatable bonds is 4. The Balaban J connectivity index is 0.0000000911. The molecule has 0 N–H and O–H groups in total. The molecule has 0 saturated heterocycles. The number of nitrogens with zero attached hydrogens (tertiary/aromatic N) is 6. The van der Waals surface area contributed by atoms with Crippen LogP contribution in [0, 0.1) is 27.7 Å². The summed E-state index contributed by atoms with van der Waals surface area (Å²) < 4.78 is 36.0. The number of imidazole rings is 2. The minimum atomic E-state index is 0.308. The van der Waals surface area contributed by atoms with E-state index in [0.717, 1.165) is 123 Å². The number of allylic oxidation sites excluding steroid dienone is 4. The molecule has 2 aliphatic rings. The molecule has 0 spiro atoms. The van der Waals surface area contributed by atoms with Crippen LogP contribution >= 0.6 is 0 Å². The van der Waals surface area contributed by atoms with Gasteiger partial charge in [-0.3, -0.25) is 8.97 Å². The van der Waals surface area contributed by atoms with Crippen molar-refractivity contribution in [2.24, 2.45) is 0 Å². The van der Waals surface area contributed by atoms with E-state index in [1.54, 1.807) is 0 Å². The van der Waals surface area contributed by atoms with Crippen LogP contribution in [-0.4, -0.2) is 27.7 Å². The third-order valence-electron chi connectivity index (χ3n) is 22.8. The molecule has 0 radical (unpaired) electrons. The maximum Gasteiger partial charge on any atom is 0.220 e. The third kappa shape index (κ3) is 10.1. The predicted octanol–water partition coefficient (Wildman–Crippen LogP) is 27.0. The summed E-state index contributed by atoms with van der Waals surface area (Å²) in [6.07, 6.45) is 5.33. The normalized spacial score (nSPS) is 13.5. The highest BCUT2D eigenvalue weighted by Crippen LogP contribution is 2.49. The number of para-hydroxylation sites is 12. The summed E-state index contributed by atoms with van der Waals surface area (Å²) in [5.74, 6) is 3.29. The van der Waals surface area contributed by atoms with E-state index in [1.807, 2.05) is 12.1 Å². The van der Waals surface area contributed by atoms with E-state index >= 15 is 0 Å². The summed E-state index contributed by atoms with van der Waals surface area (Å²) in [5, 5.41) is 14.7. The molecule has 23 aromatic rings. The van der Waals surface area contributed by atoms with E-state index in [-0.39, 0.29) is 0 Å². The van der Waals surface area contributed by atoms with Crippen molar-refractivity contribution in [3.8, 4) is 22.8 Å². The van der Waals surface area contributed by atoms with Gasteiger partial charge in [0.25, 0.3) is 0 Å². The molecule has 10 nitrogen and oxygen atoms in total. The Morgan fingerprint density at radius 1 is 0.297 bits per heavy atom. The van der Waals surface area contributed by atoms with Crippen LogP contribution in [0.15, 0.2) is 353 Å². The largest absolute Gasteiger partial charge is 0.461 e. The van der Waals surface area contributed by atoms with Gasteiger partial charge in [-0.2, -0.15) is 0 Å². The SMILES string of the molecule is Cc1ccc2c(c1)c1ccccc1n2C1=CC=C2Oc3ccccc3C2C1.Cc1ccc2oc3ccc(-n4c5ccccc5c5ccccc54)cc3c2c1.Cc1cccc2c1oc1ccc(-n3c4ccccc4c4ccccc43)cc12.Cc1cccc2c1oc1ccc(-n3c4ccccc4n4c5ccccc5nc34)cc12. The molecule has 15 aromatic carbocycles. The van der Waals surface area contributed by atoms with Gasteiger partial charge >= 0.3 is 0 Å². The van der Waals surface area contributed by atoms with Gasteiger partial charge in [0.1, 0.15) is 45.0 Å². The highest BCUT2D eigenvalue weighted by atomic mass is 16.5. The van der Waals surface area contributed by atoms with Gasteiger partial charge in [-0.15, -0.1) is 0 Å². The fourth-order valence-electron chi connectivity index (χ4n) is 17.7. The lowest BCUT2D eigenvalue weighted by Crippen LogP contribution is -2.08. The molecule has 25 rings (SSSR count). The Morgan fingerprint density at radius 2 is 0.703 bits per heavy atom. The first-order valence-electron chi connectivity index (χ1n) is 38.0. The van der Waals surface area contributed by atoms with Crippen LogP contribution < -0.4 is 4.74 Å². The van der Waals surface area contributed by atoms with Gasteiger partial charge in [0.15, 0.2) is 0 Å². The molecule has 1 aliphatic carbocycles. The van der Waals surface area contributed by atoms with Crippen molar-refractivity contribution in [3.05, 3.63) is 367 Å². The fourth-order valence-corrected chi connectivity index (χ4v) is 17.7. The molecular formula is C101H70N6O4. The molecule has 111 heavy (non-hydrogen) atoms. The molecular weight excluding hydrogens is 1360 g/mol. The van der Waals surface area contributed by atoms with E-state index in [1.165, 1.54) is 104 Å². The molecule has 9 heterocycles. The van der Waals surface area contributed by atoms with E-state index < -0.39 is 0 Å². The number of fused-ring (bicyclic) bond motifs is 26. The molecule has 0 saturated carbocycles. The van der Waals surface area contributed by atoms with E-state index in [0.29, 0.717) is 5.92 Å². The summed E-state index contributed by atoms with van der Waals surface area (Å²) in [7, 11) is 0. The Hall–Kier alpha value is -14.4. The summed E-state index contributed by atoms with van der Waals surface area (Å²) in [4.78, 5) is 4.98. The maximum absolute atomic E-state index is 6.15. The van der Waals surface area contributed by atoms with Crippen molar-refractivity contribution in [2.45, 2.75) is 40.0 Å². The monoisotopic (exact) mass is 1430 g/mol. The summed E-state index contributed by atoms with van der Waals surface area (Å²) >= 11 is 0. The first-order chi connectivity index (χ1) is 54.7. The van der Waals surface area contributed by atoms with Crippen LogP contribution in [0.2, 0.25) is 0 Å². The molecule has 10 heteroatoms. The van der Waals surface area contributed by atoms with Crippen LogP contribution in [0.25, 0.3) is 182 Å². The molecule has 8 aromatic heterocycles. The van der Waals surface area contributed by atoms with Crippen LogP contribution in [0.1, 0.15) is 40.2 Å². The quantitative estimate of drug-likeness (QED) is 0.175. The number of aromatic nitrogens is 6. The second-order valence-electron chi connectivity index (χ2n) is 29.5.